The molecule has 0 unspecified atom stereocenters. The molecular weight excluding hydrogens is 232 g/mol. The van der Waals surface area contributed by atoms with Crippen molar-refractivity contribution in [1.82, 2.24) is 10.2 Å². The molecule has 0 fully saturated rings. The van der Waals surface area contributed by atoms with Crippen molar-refractivity contribution in [2.45, 2.75) is 13.8 Å². The van der Waals surface area contributed by atoms with Gasteiger partial charge < -0.3 is 5.11 Å². The van der Waals surface area contributed by atoms with Gasteiger partial charge in [0.05, 0.1) is 5.69 Å². The van der Waals surface area contributed by atoms with Crippen molar-refractivity contribution in [2.75, 3.05) is 0 Å². The molecule has 0 aliphatic rings. The van der Waals surface area contributed by atoms with Crippen molar-refractivity contribution in [3.63, 3.8) is 0 Å². The van der Waals surface area contributed by atoms with Gasteiger partial charge in [-0.3, -0.25) is 4.79 Å². The predicted molar refractivity (Wildman–Crippen MR) is 66.7 cm³/mol. The second-order valence-electron chi connectivity index (χ2n) is 4.12. The first-order valence-corrected chi connectivity index (χ1v) is 5.39. The molecule has 5 heteroatoms. The summed E-state index contributed by atoms with van der Waals surface area (Å²) in [6.45, 7) is 3.84. The number of hydrogen-bond donors (Lipinski definition) is 2. The number of nitrogens with zero attached hydrogens (tertiary/aromatic N) is 1. The molecule has 0 saturated carbocycles. The van der Waals surface area contributed by atoms with Crippen LogP contribution in [0.5, 0.6) is 0 Å². The first-order valence-electron chi connectivity index (χ1n) is 5.39. The fraction of sp³-hybridized carbons (Fsp3) is 0.154. The fourth-order valence-corrected chi connectivity index (χ4v) is 1.71. The van der Waals surface area contributed by atoms with Gasteiger partial charge >= 0.3 is 5.97 Å². The van der Waals surface area contributed by atoms with Crippen molar-refractivity contribution in [3.8, 4) is 11.3 Å². The van der Waals surface area contributed by atoms with Crippen LogP contribution in [0, 0.1) is 13.8 Å². The summed E-state index contributed by atoms with van der Waals surface area (Å²) in [5, 5.41) is 15.0. The summed E-state index contributed by atoms with van der Waals surface area (Å²) in [7, 11) is 0. The molecule has 1 aromatic carbocycles. The number of nitrogens with one attached hydrogen (secondary N) is 1. The van der Waals surface area contributed by atoms with E-state index in [-0.39, 0.29) is 5.56 Å². The molecule has 1 aromatic heterocycles. The lowest BCUT2D eigenvalue weighted by atomic mass is 10.0. The Morgan fingerprint density at radius 2 is 2.00 bits per heavy atom. The number of H-pyrrole nitrogens is 1. The van der Waals surface area contributed by atoms with Crippen LogP contribution in [0.4, 0.5) is 0 Å². The highest BCUT2D eigenvalue weighted by Gasteiger charge is 2.12. The van der Waals surface area contributed by atoms with Gasteiger partial charge in [-0.1, -0.05) is 17.7 Å². The van der Waals surface area contributed by atoms with Crippen LogP contribution in [0.25, 0.3) is 11.3 Å². The zero-order valence-corrected chi connectivity index (χ0v) is 10.0. The first kappa shape index (κ1) is 12.0. The minimum absolute atomic E-state index is 0.305. The van der Waals surface area contributed by atoms with E-state index in [1.165, 1.54) is 6.07 Å². The van der Waals surface area contributed by atoms with Crippen LogP contribution in [-0.2, 0) is 0 Å². The lowest BCUT2D eigenvalue weighted by Gasteiger charge is -2.06. The number of hydrogen-bond acceptors (Lipinski definition) is 3. The summed E-state index contributed by atoms with van der Waals surface area (Å²) < 4.78 is 0. The van der Waals surface area contributed by atoms with Crippen LogP contribution in [-0.4, -0.2) is 21.3 Å². The fourth-order valence-electron chi connectivity index (χ4n) is 1.71. The number of benzene rings is 1. The molecule has 5 nitrogen and oxygen atoms in total. The molecule has 18 heavy (non-hydrogen) atoms. The highest BCUT2D eigenvalue weighted by atomic mass is 16.4. The Morgan fingerprint density at radius 1 is 1.28 bits per heavy atom. The van der Waals surface area contributed by atoms with Crippen LogP contribution in [0.1, 0.15) is 21.5 Å². The molecule has 92 valence electrons. The van der Waals surface area contributed by atoms with E-state index >= 15 is 0 Å². The van der Waals surface area contributed by atoms with Crippen molar-refractivity contribution in [1.29, 1.82) is 0 Å². The molecule has 2 aromatic rings. The number of aryl methyl sites for hydroxylation is 2. The van der Waals surface area contributed by atoms with E-state index in [2.05, 4.69) is 10.2 Å². The highest BCUT2D eigenvalue weighted by molar-refractivity contribution is 5.88. The van der Waals surface area contributed by atoms with E-state index in [4.69, 9.17) is 5.11 Å². The molecule has 0 aliphatic carbocycles. The Hall–Kier alpha value is -2.43. The van der Waals surface area contributed by atoms with Gasteiger partial charge in [-0.15, -0.1) is 0 Å². The Labute approximate surface area is 103 Å². The standard InChI is InChI=1S/C13H12N2O3/c1-7-3-4-8(2)9(5-7)11-6-10(13(17)18)12(16)15-14-11/h3-6H,1-2H3,(H,15,16)(H,17,18). The van der Waals surface area contributed by atoms with E-state index in [1.807, 2.05) is 32.0 Å². The topological polar surface area (TPSA) is 83.0 Å². The number of carbonyl (C=O) groups is 1. The van der Waals surface area contributed by atoms with Gasteiger partial charge in [0.15, 0.2) is 0 Å². The van der Waals surface area contributed by atoms with Gasteiger partial charge in [0.1, 0.15) is 5.56 Å². The van der Waals surface area contributed by atoms with Crippen LogP contribution in [0.3, 0.4) is 0 Å². The Balaban J connectivity index is 2.65. The van der Waals surface area contributed by atoms with E-state index in [9.17, 15) is 9.59 Å². The van der Waals surface area contributed by atoms with Crippen molar-refractivity contribution >= 4 is 5.97 Å². The molecule has 0 atom stereocenters. The number of aromatic nitrogens is 2. The number of aromatic carboxylic acids is 1. The monoisotopic (exact) mass is 244 g/mol. The summed E-state index contributed by atoms with van der Waals surface area (Å²) >= 11 is 0. The molecule has 0 bridgehead atoms. The van der Waals surface area contributed by atoms with Gasteiger partial charge in [-0.2, -0.15) is 5.10 Å². The van der Waals surface area contributed by atoms with E-state index < -0.39 is 11.5 Å². The van der Waals surface area contributed by atoms with Crippen LogP contribution in [0.2, 0.25) is 0 Å². The van der Waals surface area contributed by atoms with Crippen LogP contribution < -0.4 is 5.56 Å². The summed E-state index contributed by atoms with van der Waals surface area (Å²) in [4.78, 5) is 22.2. The van der Waals surface area contributed by atoms with Gasteiger partial charge in [-0.25, -0.2) is 9.89 Å². The third-order valence-corrected chi connectivity index (χ3v) is 2.70. The SMILES string of the molecule is Cc1ccc(C)c(-c2cc(C(=O)O)c(=O)[nH]n2)c1. The third kappa shape index (κ3) is 2.15. The summed E-state index contributed by atoms with van der Waals surface area (Å²) in [6.07, 6.45) is 0. The lowest BCUT2D eigenvalue weighted by molar-refractivity contribution is 0.0694. The molecule has 0 radical (unpaired) electrons. The Bertz CT molecular complexity index is 674. The number of rotatable bonds is 2. The van der Waals surface area contributed by atoms with Crippen molar-refractivity contribution < 1.29 is 9.90 Å². The Kier molecular flexibility index (Phi) is 2.97. The third-order valence-electron chi connectivity index (χ3n) is 2.70. The minimum atomic E-state index is -1.26. The second-order valence-corrected chi connectivity index (χ2v) is 4.12. The van der Waals surface area contributed by atoms with Crippen LogP contribution >= 0.6 is 0 Å². The highest BCUT2D eigenvalue weighted by Crippen LogP contribution is 2.22. The molecule has 0 amide bonds. The summed E-state index contributed by atoms with van der Waals surface area (Å²) in [6, 6.07) is 7.09. The lowest BCUT2D eigenvalue weighted by Crippen LogP contribution is -2.18. The molecule has 0 aliphatic heterocycles. The molecule has 1 heterocycles. The molecule has 2 rings (SSSR count). The van der Waals surface area contributed by atoms with Gasteiger partial charge in [0.2, 0.25) is 0 Å². The first-order chi connectivity index (χ1) is 8.49. The largest absolute Gasteiger partial charge is 0.477 e. The number of carboxylic acids is 1. The normalized spacial score (nSPS) is 10.3. The van der Waals surface area contributed by atoms with Crippen molar-refractivity contribution in [3.05, 3.63) is 51.3 Å². The predicted octanol–water partition coefficient (Wildman–Crippen LogP) is 1.75. The van der Waals surface area contributed by atoms with Crippen molar-refractivity contribution in [2.24, 2.45) is 0 Å². The van der Waals surface area contributed by atoms with E-state index in [1.54, 1.807) is 0 Å². The second kappa shape index (κ2) is 4.44. The average molecular weight is 244 g/mol. The average Bonchev–Trinajstić information content (AvgIpc) is 2.33. The van der Waals surface area contributed by atoms with E-state index in [0.29, 0.717) is 5.69 Å². The molecule has 0 saturated heterocycles. The minimum Gasteiger partial charge on any atom is -0.477 e. The summed E-state index contributed by atoms with van der Waals surface area (Å²) in [5.41, 5.74) is 2.27. The zero-order chi connectivity index (χ0) is 13.3. The molecular formula is C13H12N2O3. The van der Waals surface area contributed by atoms with E-state index in [0.717, 1.165) is 16.7 Å². The molecule has 0 spiro atoms. The molecule has 2 N–H and O–H groups in total. The number of carboxylic acid groups (broad SMARTS) is 1. The maximum Gasteiger partial charge on any atom is 0.341 e. The maximum atomic E-state index is 11.3. The smallest absolute Gasteiger partial charge is 0.341 e. The maximum absolute atomic E-state index is 11.3. The van der Waals surface area contributed by atoms with Crippen LogP contribution in [0.15, 0.2) is 29.1 Å². The van der Waals surface area contributed by atoms with Gasteiger partial charge in [0.25, 0.3) is 5.56 Å². The zero-order valence-electron chi connectivity index (χ0n) is 10.0. The quantitative estimate of drug-likeness (QED) is 0.843. The Morgan fingerprint density at radius 3 is 2.67 bits per heavy atom. The summed E-state index contributed by atoms with van der Waals surface area (Å²) in [5.74, 6) is -1.26. The van der Waals surface area contributed by atoms with Gasteiger partial charge in [0, 0.05) is 5.56 Å². The number of aromatic amines is 1. The van der Waals surface area contributed by atoms with Gasteiger partial charge in [-0.05, 0) is 31.5 Å².